The Morgan fingerprint density at radius 2 is 2.15 bits per heavy atom. The molecule has 1 atom stereocenters. The summed E-state index contributed by atoms with van der Waals surface area (Å²) in [6, 6.07) is 9.01. The maximum absolute atomic E-state index is 10.9. The molecule has 2 rings (SSSR count). The van der Waals surface area contributed by atoms with E-state index in [2.05, 4.69) is 28.2 Å². The van der Waals surface area contributed by atoms with E-state index in [-0.39, 0.29) is 5.69 Å². The Morgan fingerprint density at radius 1 is 1.40 bits per heavy atom. The van der Waals surface area contributed by atoms with E-state index in [1.807, 2.05) is 19.2 Å². The van der Waals surface area contributed by atoms with Gasteiger partial charge in [-0.05, 0) is 54.2 Å². The molecule has 0 aliphatic heterocycles. The molecule has 6 heteroatoms. The zero-order chi connectivity index (χ0) is 14.7. The topological polar surface area (TPSA) is 68.3 Å². The number of hydrogen-bond donors (Lipinski definition) is 1. The molecule has 0 aliphatic carbocycles. The Kier molecular flexibility index (Phi) is 4.57. The molecule has 0 amide bonds. The van der Waals surface area contributed by atoms with Gasteiger partial charge in [0.05, 0.1) is 9.40 Å². The summed E-state index contributed by atoms with van der Waals surface area (Å²) in [4.78, 5) is 10.5. The van der Waals surface area contributed by atoms with Gasteiger partial charge in [-0.2, -0.15) is 0 Å². The molecule has 1 aromatic heterocycles. The van der Waals surface area contributed by atoms with Crippen molar-refractivity contribution < 1.29 is 9.34 Å². The van der Waals surface area contributed by atoms with Crippen LogP contribution in [-0.4, -0.2) is 18.0 Å². The van der Waals surface area contributed by atoms with Gasteiger partial charge in [0, 0.05) is 24.1 Å². The van der Waals surface area contributed by atoms with E-state index in [1.54, 1.807) is 12.1 Å². The minimum absolute atomic E-state index is 0.0315. The molecule has 106 valence electrons. The van der Waals surface area contributed by atoms with Gasteiger partial charge in [-0.25, -0.2) is 0 Å². The first-order valence-electron chi connectivity index (χ1n) is 6.21. The van der Waals surface area contributed by atoms with Crippen LogP contribution in [0.25, 0.3) is 11.3 Å². The average molecular weight is 339 g/mol. The first-order chi connectivity index (χ1) is 9.51. The molecule has 0 fully saturated rings. The summed E-state index contributed by atoms with van der Waals surface area (Å²) in [7, 11) is 1.90. The molecule has 0 saturated carbocycles. The second kappa shape index (κ2) is 6.19. The van der Waals surface area contributed by atoms with Gasteiger partial charge in [0.2, 0.25) is 0 Å². The van der Waals surface area contributed by atoms with Crippen LogP contribution in [0, 0.1) is 10.1 Å². The molecule has 0 radical (unpaired) electrons. The van der Waals surface area contributed by atoms with Crippen molar-refractivity contribution in [2.24, 2.45) is 0 Å². The number of nitrogens with one attached hydrogen (secondary N) is 1. The van der Waals surface area contributed by atoms with Crippen molar-refractivity contribution >= 4 is 21.6 Å². The van der Waals surface area contributed by atoms with Crippen molar-refractivity contribution in [3.63, 3.8) is 0 Å². The maximum Gasteiger partial charge on any atom is 0.284 e. The number of rotatable bonds is 5. The summed E-state index contributed by atoms with van der Waals surface area (Å²) in [5, 5.41) is 14.1. The normalized spacial score (nSPS) is 12.3. The lowest BCUT2D eigenvalue weighted by Crippen LogP contribution is -2.23. The van der Waals surface area contributed by atoms with Crippen LogP contribution in [0.1, 0.15) is 12.7 Å². The first-order valence-corrected chi connectivity index (χ1v) is 7.01. The van der Waals surface area contributed by atoms with Crippen LogP contribution in [0.4, 0.5) is 5.69 Å². The largest absolute Gasteiger partial charge is 0.461 e. The predicted octanol–water partition coefficient (Wildman–Crippen LogP) is 3.77. The minimum Gasteiger partial charge on any atom is -0.461 e. The highest BCUT2D eigenvalue weighted by molar-refractivity contribution is 9.10. The predicted molar refractivity (Wildman–Crippen MR) is 80.7 cm³/mol. The standard InChI is InChI=1S/C14H15BrN2O3/c1-9(16-2)7-11-4-6-14(20-11)10-3-5-12(15)13(8-10)17(18)19/h3-6,8-9,16H,7H2,1-2H3. The fraction of sp³-hybridized carbons (Fsp3) is 0.286. The molecule has 20 heavy (non-hydrogen) atoms. The Bertz CT molecular complexity index is 625. The monoisotopic (exact) mass is 338 g/mol. The number of nitro groups is 1. The number of nitrogens with zero attached hydrogens (tertiary/aromatic N) is 1. The first kappa shape index (κ1) is 14.7. The number of nitro benzene ring substituents is 1. The quantitative estimate of drug-likeness (QED) is 0.665. The van der Waals surface area contributed by atoms with Gasteiger partial charge < -0.3 is 9.73 Å². The van der Waals surface area contributed by atoms with E-state index >= 15 is 0 Å². The number of hydrogen-bond acceptors (Lipinski definition) is 4. The Labute approximate surface area is 125 Å². The molecule has 1 unspecified atom stereocenters. The van der Waals surface area contributed by atoms with Gasteiger partial charge in [0.25, 0.3) is 5.69 Å². The van der Waals surface area contributed by atoms with Crippen molar-refractivity contribution in [3.05, 3.63) is 50.7 Å². The summed E-state index contributed by atoms with van der Waals surface area (Å²) in [6.07, 6.45) is 0.773. The molecule has 1 N–H and O–H groups in total. The van der Waals surface area contributed by atoms with Crippen molar-refractivity contribution in [2.75, 3.05) is 7.05 Å². The third-order valence-corrected chi connectivity index (χ3v) is 3.76. The van der Waals surface area contributed by atoms with Crippen molar-refractivity contribution in [1.29, 1.82) is 0 Å². The third-order valence-electron chi connectivity index (χ3n) is 3.09. The fourth-order valence-electron chi connectivity index (χ4n) is 1.85. The highest BCUT2D eigenvalue weighted by atomic mass is 79.9. The Hall–Kier alpha value is -1.66. The lowest BCUT2D eigenvalue weighted by atomic mass is 10.1. The highest BCUT2D eigenvalue weighted by Gasteiger charge is 2.15. The molecule has 0 bridgehead atoms. The number of benzene rings is 1. The maximum atomic E-state index is 10.9. The zero-order valence-electron chi connectivity index (χ0n) is 11.2. The van der Waals surface area contributed by atoms with Gasteiger partial charge in [-0.1, -0.05) is 0 Å². The van der Waals surface area contributed by atoms with Crippen LogP contribution < -0.4 is 5.32 Å². The summed E-state index contributed by atoms with van der Waals surface area (Å²) in [5.41, 5.74) is 0.729. The molecular formula is C14H15BrN2O3. The number of likely N-dealkylation sites (N-methyl/N-ethyl adjacent to an activating group) is 1. The molecule has 0 saturated heterocycles. The molecule has 5 nitrogen and oxygen atoms in total. The molecule has 2 aromatic rings. The van der Waals surface area contributed by atoms with E-state index in [0.29, 0.717) is 21.8 Å². The lowest BCUT2D eigenvalue weighted by molar-refractivity contribution is -0.385. The van der Waals surface area contributed by atoms with Crippen LogP contribution >= 0.6 is 15.9 Å². The minimum atomic E-state index is -0.416. The van der Waals surface area contributed by atoms with Gasteiger partial charge >= 0.3 is 0 Å². The van der Waals surface area contributed by atoms with E-state index in [9.17, 15) is 10.1 Å². The fourth-order valence-corrected chi connectivity index (χ4v) is 2.24. The molecular weight excluding hydrogens is 324 g/mol. The SMILES string of the molecule is CNC(C)Cc1ccc(-c2ccc(Br)c([N+](=O)[O-])c2)o1. The average Bonchev–Trinajstić information content (AvgIpc) is 2.87. The van der Waals surface area contributed by atoms with Gasteiger partial charge in [0.15, 0.2) is 0 Å². The second-order valence-corrected chi connectivity index (χ2v) is 5.44. The van der Waals surface area contributed by atoms with Crippen LogP contribution in [0.15, 0.2) is 39.2 Å². The van der Waals surface area contributed by atoms with E-state index in [4.69, 9.17) is 4.42 Å². The van der Waals surface area contributed by atoms with Crippen molar-refractivity contribution in [3.8, 4) is 11.3 Å². The third kappa shape index (κ3) is 3.26. The number of furan rings is 1. The van der Waals surface area contributed by atoms with Gasteiger partial charge in [0.1, 0.15) is 11.5 Å². The molecule has 0 spiro atoms. The van der Waals surface area contributed by atoms with E-state index in [1.165, 1.54) is 6.07 Å². The van der Waals surface area contributed by atoms with Crippen LogP contribution in [0.3, 0.4) is 0 Å². The smallest absolute Gasteiger partial charge is 0.284 e. The van der Waals surface area contributed by atoms with E-state index < -0.39 is 4.92 Å². The zero-order valence-corrected chi connectivity index (χ0v) is 12.8. The summed E-state index contributed by atoms with van der Waals surface area (Å²) < 4.78 is 6.20. The second-order valence-electron chi connectivity index (χ2n) is 4.58. The van der Waals surface area contributed by atoms with E-state index in [0.717, 1.165) is 12.2 Å². The van der Waals surface area contributed by atoms with Gasteiger partial charge in [-0.15, -0.1) is 0 Å². The van der Waals surface area contributed by atoms with Gasteiger partial charge in [-0.3, -0.25) is 10.1 Å². The van der Waals surface area contributed by atoms with Crippen LogP contribution in [0.2, 0.25) is 0 Å². The van der Waals surface area contributed by atoms with Crippen LogP contribution in [-0.2, 0) is 6.42 Å². The Balaban J connectivity index is 2.28. The van der Waals surface area contributed by atoms with Crippen LogP contribution in [0.5, 0.6) is 0 Å². The molecule has 0 aliphatic rings. The summed E-state index contributed by atoms with van der Waals surface area (Å²) in [5.74, 6) is 1.49. The summed E-state index contributed by atoms with van der Waals surface area (Å²) in [6.45, 7) is 2.06. The molecule has 1 heterocycles. The number of halogens is 1. The summed E-state index contributed by atoms with van der Waals surface area (Å²) >= 11 is 3.17. The molecule has 1 aromatic carbocycles. The Morgan fingerprint density at radius 3 is 2.80 bits per heavy atom. The highest BCUT2D eigenvalue weighted by Crippen LogP contribution is 2.31. The van der Waals surface area contributed by atoms with Crippen molar-refractivity contribution in [2.45, 2.75) is 19.4 Å². The van der Waals surface area contributed by atoms with Crippen molar-refractivity contribution in [1.82, 2.24) is 5.32 Å². The lowest BCUT2D eigenvalue weighted by Gasteiger charge is -2.06.